The Morgan fingerprint density at radius 3 is 2.75 bits per heavy atom. The van der Waals surface area contributed by atoms with Crippen LogP contribution in [0.2, 0.25) is 5.31 Å². The van der Waals surface area contributed by atoms with Crippen LogP contribution >= 0.6 is 0 Å². The van der Waals surface area contributed by atoms with Crippen LogP contribution in [-0.2, 0) is 0 Å². The molecular formula is C6H12BN. The van der Waals surface area contributed by atoms with Gasteiger partial charge in [-0.05, 0) is 31.2 Å². The quantitative estimate of drug-likeness (QED) is 0.387. The van der Waals surface area contributed by atoms with Crippen LogP contribution in [0.3, 0.4) is 0 Å². The monoisotopic (exact) mass is 109 g/mol. The number of piperidine rings is 1. The lowest BCUT2D eigenvalue weighted by atomic mass is 9.83. The lowest BCUT2D eigenvalue weighted by Gasteiger charge is -2.10. The fourth-order valence-corrected chi connectivity index (χ4v) is 2.04. The van der Waals surface area contributed by atoms with Gasteiger partial charge in [-0.1, -0.05) is 0 Å². The third-order valence-corrected chi connectivity index (χ3v) is 2.70. The highest BCUT2D eigenvalue weighted by Crippen LogP contribution is 2.61. The van der Waals surface area contributed by atoms with Crippen molar-refractivity contribution < 1.29 is 0 Å². The predicted molar refractivity (Wildman–Crippen MR) is 36.8 cm³/mol. The normalized spacial score (nSPS) is 53.9. The molecule has 44 valence electrons. The summed E-state index contributed by atoms with van der Waals surface area (Å²) >= 11 is 0. The minimum Gasteiger partial charge on any atom is -0.306 e. The molecule has 1 saturated heterocycles. The van der Waals surface area contributed by atoms with Gasteiger partial charge < -0.3 is 4.90 Å². The molecule has 0 aromatic heterocycles. The van der Waals surface area contributed by atoms with Gasteiger partial charge in [0.2, 0.25) is 0 Å². The topological polar surface area (TPSA) is 3.24 Å². The molecule has 1 heterocycles. The molecule has 0 N–H and O–H groups in total. The number of hydrogen-bond acceptors (Lipinski definition) is 1. The number of hydrogen-bond donors (Lipinski definition) is 0. The maximum absolute atomic E-state index is 2.44. The minimum atomic E-state index is 0.759. The van der Waals surface area contributed by atoms with Crippen molar-refractivity contribution in [1.29, 1.82) is 0 Å². The first-order chi connectivity index (χ1) is 3.71. The zero-order valence-electron chi connectivity index (χ0n) is 5.65. The number of likely N-dealkylation sites (tertiary alicyclic amines) is 1. The van der Waals surface area contributed by atoms with Gasteiger partial charge in [0.15, 0.2) is 0 Å². The summed E-state index contributed by atoms with van der Waals surface area (Å²) in [7, 11) is 4.62. The van der Waals surface area contributed by atoms with Gasteiger partial charge in [-0.25, -0.2) is 0 Å². The second-order valence-electron chi connectivity index (χ2n) is 3.75. The molecule has 1 aliphatic carbocycles. The van der Waals surface area contributed by atoms with Crippen molar-refractivity contribution in [2.45, 2.75) is 11.7 Å². The third kappa shape index (κ3) is 0.468. The molecule has 2 heteroatoms. The van der Waals surface area contributed by atoms with E-state index in [9.17, 15) is 0 Å². The van der Waals surface area contributed by atoms with E-state index in [4.69, 9.17) is 0 Å². The molecule has 0 spiro atoms. The van der Waals surface area contributed by atoms with Crippen LogP contribution in [-0.4, -0.2) is 32.9 Å². The number of nitrogens with zero attached hydrogens (tertiary/aromatic N) is 1. The average Bonchev–Trinajstić information content (AvgIpc) is 2.07. The van der Waals surface area contributed by atoms with Crippen molar-refractivity contribution in [3.05, 3.63) is 0 Å². The summed E-state index contributed by atoms with van der Waals surface area (Å²) in [6.45, 7) is 2.70. The van der Waals surface area contributed by atoms with E-state index in [1.807, 2.05) is 0 Å². The lowest BCUT2D eigenvalue weighted by molar-refractivity contribution is 0.375. The first-order valence-electron chi connectivity index (χ1n) is 3.39. The Hall–Kier alpha value is 0.0249. The molecule has 1 nitrogen and oxygen atoms in total. The molecule has 0 radical (unpaired) electrons. The van der Waals surface area contributed by atoms with Gasteiger partial charge in [0, 0.05) is 6.54 Å². The van der Waals surface area contributed by atoms with E-state index >= 15 is 0 Å². The van der Waals surface area contributed by atoms with Gasteiger partial charge in [-0.2, -0.15) is 0 Å². The summed E-state index contributed by atoms with van der Waals surface area (Å²) in [5.74, 6) is 1.06. The summed E-state index contributed by atoms with van der Waals surface area (Å²) in [6, 6.07) is 0. The van der Waals surface area contributed by atoms with Crippen molar-refractivity contribution in [1.82, 2.24) is 4.90 Å². The molecule has 2 atom stereocenters. The molecule has 2 fully saturated rings. The van der Waals surface area contributed by atoms with Crippen molar-refractivity contribution in [2.24, 2.45) is 5.92 Å². The van der Waals surface area contributed by atoms with Crippen LogP contribution in [0.1, 0.15) is 6.42 Å². The number of rotatable bonds is 0. The first-order valence-corrected chi connectivity index (χ1v) is 3.39. The minimum absolute atomic E-state index is 0.759. The molecule has 8 heavy (non-hydrogen) atoms. The highest BCUT2D eigenvalue weighted by atomic mass is 15.2. The van der Waals surface area contributed by atoms with Gasteiger partial charge >= 0.3 is 0 Å². The Bertz CT molecular complexity index is 126. The molecule has 1 aliphatic heterocycles. The van der Waals surface area contributed by atoms with Crippen LogP contribution in [0.15, 0.2) is 0 Å². The maximum atomic E-state index is 2.44. The third-order valence-electron chi connectivity index (χ3n) is 2.70. The fraction of sp³-hybridized carbons (Fsp3) is 1.00. The van der Waals surface area contributed by atoms with Crippen molar-refractivity contribution >= 4 is 7.85 Å². The zero-order chi connectivity index (χ0) is 5.78. The molecule has 1 saturated carbocycles. The molecule has 2 unspecified atom stereocenters. The Kier molecular flexibility index (Phi) is 0.687. The Labute approximate surface area is 51.5 Å². The number of fused-ring (bicyclic) bond motifs is 1. The van der Waals surface area contributed by atoms with Crippen LogP contribution in [0.4, 0.5) is 0 Å². The van der Waals surface area contributed by atoms with E-state index in [0.29, 0.717) is 0 Å². The second kappa shape index (κ2) is 1.13. The SMILES string of the molecule is BC12CC1CN(C)C2. The highest BCUT2D eigenvalue weighted by molar-refractivity contribution is 6.18. The molecule has 0 aromatic rings. The highest BCUT2D eigenvalue weighted by Gasteiger charge is 2.54. The van der Waals surface area contributed by atoms with Gasteiger partial charge in [-0.3, -0.25) is 0 Å². The lowest BCUT2D eigenvalue weighted by Crippen LogP contribution is -2.17. The standard InChI is InChI=1S/C6H12BN/c1-8-3-5-2-6(5,7)4-8/h5H,2-4,7H2,1H3. The van der Waals surface area contributed by atoms with E-state index in [0.717, 1.165) is 11.2 Å². The van der Waals surface area contributed by atoms with E-state index in [2.05, 4.69) is 19.8 Å². The predicted octanol–water partition coefficient (Wildman–Crippen LogP) is -0.257. The van der Waals surface area contributed by atoms with Crippen molar-refractivity contribution in [3.63, 3.8) is 0 Å². The zero-order valence-corrected chi connectivity index (χ0v) is 5.65. The molecule has 0 aromatic carbocycles. The molecule has 2 aliphatic rings. The summed E-state index contributed by atoms with van der Waals surface area (Å²) < 4.78 is 0. The molecule has 0 amide bonds. The van der Waals surface area contributed by atoms with E-state index in [1.54, 1.807) is 0 Å². The molecule has 0 bridgehead atoms. The Morgan fingerprint density at radius 1 is 1.75 bits per heavy atom. The van der Waals surface area contributed by atoms with Gasteiger partial charge in [0.1, 0.15) is 7.85 Å². The second-order valence-corrected chi connectivity index (χ2v) is 3.75. The first kappa shape index (κ1) is 4.86. The molecular weight excluding hydrogens is 96.9 g/mol. The van der Waals surface area contributed by atoms with Gasteiger partial charge in [-0.15, -0.1) is 0 Å². The Balaban J connectivity index is 2.10. The summed E-state index contributed by atoms with van der Waals surface area (Å²) in [5, 5.41) is 0.759. The van der Waals surface area contributed by atoms with E-state index in [1.165, 1.54) is 19.5 Å². The van der Waals surface area contributed by atoms with E-state index < -0.39 is 0 Å². The van der Waals surface area contributed by atoms with Crippen LogP contribution < -0.4 is 0 Å². The van der Waals surface area contributed by atoms with Crippen LogP contribution in [0.25, 0.3) is 0 Å². The van der Waals surface area contributed by atoms with Crippen molar-refractivity contribution in [3.8, 4) is 0 Å². The summed E-state index contributed by atoms with van der Waals surface area (Å²) in [4.78, 5) is 2.44. The van der Waals surface area contributed by atoms with Crippen molar-refractivity contribution in [2.75, 3.05) is 20.1 Å². The Morgan fingerprint density at radius 2 is 2.50 bits per heavy atom. The van der Waals surface area contributed by atoms with E-state index in [-0.39, 0.29) is 0 Å². The summed E-state index contributed by atoms with van der Waals surface area (Å²) in [6.07, 6.45) is 1.50. The molecule has 2 rings (SSSR count). The average molecular weight is 109 g/mol. The fourth-order valence-electron chi connectivity index (χ4n) is 2.04. The van der Waals surface area contributed by atoms with Crippen LogP contribution in [0, 0.1) is 5.92 Å². The maximum Gasteiger partial charge on any atom is 0.111 e. The summed E-state index contributed by atoms with van der Waals surface area (Å²) in [5.41, 5.74) is 0. The van der Waals surface area contributed by atoms with Crippen LogP contribution in [0.5, 0.6) is 0 Å². The smallest absolute Gasteiger partial charge is 0.111 e. The van der Waals surface area contributed by atoms with Gasteiger partial charge in [0.25, 0.3) is 0 Å². The largest absolute Gasteiger partial charge is 0.306 e. The van der Waals surface area contributed by atoms with Gasteiger partial charge in [0.05, 0.1) is 0 Å².